The van der Waals surface area contributed by atoms with E-state index in [1.807, 2.05) is 0 Å². The van der Waals surface area contributed by atoms with E-state index in [9.17, 15) is 79.4 Å². The lowest BCUT2D eigenvalue weighted by Crippen LogP contribution is -2.75. The predicted molar refractivity (Wildman–Crippen MR) is 49.9 cm³/mol. The van der Waals surface area contributed by atoms with E-state index in [0.29, 0.717) is 0 Å². The molecule has 0 rings (SSSR count). The number of hydrogen-bond donors (Lipinski definition) is 1. The summed E-state index contributed by atoms with van der Waals surface area (Å²) in [4.78, 5) is 9.99. The molecule has 0 spiro atoms. The smallest absolute Gasteiger partial charge is 0.364 e. The molecule has 0 aromatic heterocycles. The van der Waals surface area contributed by atoms with Crippen molar-refractivity contribution in [3.63, 3.8) is 0 Å². The Morgan fingerprint density at radius 2 is 0.643 bits per heavy atom. The molecule has 0 aromatic rings. The number of amides is 1. The minimum absolute atomic E-state index is 3.47. The first kappa shape index (κ1) is 26.3. The highest BCUT2D eigenvalue weighted by Gasteiger charge is 2.95. The Labute approximate surface area is 140 Å². The summed E-state index contributed by atoms with van der Waals surface area (Å²) < 4.78 is 215. The fourth-order valence-electron chi connectivity index (χ4n) is 1.32. The van der Waals surface area contributed by atoms with Crippen LogP contribution in [0.2, 0.25) is 0 Å². The van der Waals surface area contributed by atoms with E-state index in [2.05, 4.69) is 5.73 Å². The van der Waals surface area contributed by atoms with Gasteiger partial charge in [-0.25, -0.2) is 0 Å². The molecule has 1 amide bonds. The van der Waals surface area contributed by atoms with Crippen LogP contribution in [0, 0.1) is 0 Å². The number of halogens is 17. The Hall–Kier alpha value is -1.72. The normalized spacial score (nSPS) is 16.3. The largest absolute Gasteiger partial charge is 0.460 e. The second kappa shape index (κ2) is 6.14. The maximum Gasteiger partial charge on any atom is 0.460 e. The van der Waals surface area contributed by atoms with Crippen LogP contribution in [0.15, 0.2) is 0 Å². The quantitative estimate of drug-likeness (QED) is 0.557. The van der Waals surface area contributed by atoms with Gasteiger partial charge in [0.1, 0.15) is 0 Å². The molecular formula is C9H2F17NO. The summed E-state index contributed by atoms with van der Waals surface area (Å²) in [5, 5.41) is 0. The molecular weight excluding hydrogens is 461 g/mol. The predicted octanol–water partition coefficient (Wildman–Crippen LogP) is 4.48. The molecule has 0 saturated heterocycles. The van der Waals surface area contributed by atoms with Crippen molar-refractivity contribution in [2.45, 2.75) is 47.6 Å². The number of rotatable bonds is 7. The highest BCUT2D eigenvalue weighted by molar-refractivity contribution is 5.83. The highest BCUT2D eigenvalue weighted by atomic mass is 19.4. The van der Waals surface area contributed by atoms with Crippen LogP contribution in [-0.4, -0.2) is 53.5 Å². The van der Waals surface area contributed by atoms with Crippen LogP contribution in [0.5, 0.6) is 0 Å². The van der Waals surface area contributed by atoms with E-state index in [4.69, 9.17) is 0 Å². The third-order valence-electron chi connectivity index (χ3n) is 3.03. The van der Waals surface area contributed by atoms with Gasteiger partial charge in [0.05, 0.1) is 0 Å². The van der Waals surface area contributed by atoms with E-state index in [1.54, 1.807) is 0 Å². The Morgan fingerprint density at radius 3 is 0.857 bits per heavy atom. The van der Waals surface area contributed by atoms with E-state index in [-0.39, 0.29) is 0 Å². The van der Waals surface area contributed by atoms with Gasteiger partial charge >= 0.3 is 47.6 Å². The van der Waals surface area contributed by atoms with Crippen molar-refractivity contribution < 1.29 is 79.4 Å². The Bertz CT molecular complexity index is 617. The third-order valence-corrected chi connectivity index (χ3v) is 3.03. The first-order valence-corrected chi connectivity index (χ1v) is 5.71. The van der Waals surface area contributed by atoms with Gasteiger partial charge in [-0.3, -0.25) is 4.79 Å². The van der Waals surface area contributed by atoms with Gasteiger partial charge < -0.3 is 5.73 Å². The molecule has 0 aromatic carbocycles. The average molecular weight is 463 g/mol. The fourth-order valence-corrected chi connectivity index (χ4v) is 1.32. The Balaban J connectivity index is 6.76. The number of carbonyl (C=O) groups excluding carboxylic acids is 1. The van der Waals surface area contributed by atoms with Gasteiger partial charge in [-0.1, -0.05) is 0 Å². The second-order valence-electron chi connectivity index (χ2n) is 4.88. The van der Waals surface area contributed by atoms with Gasteiger partial charge in [-0.05, 0) is 0 Å². The molecule has 19 heteroatoms. The minimum atomic E-state index is -8.72. The van der Waals surface area contributed by atoms with E-state index >= 15 is 0 Å². The third kappa shape index (κ3) is 2.91. The topological polar surface area (TPSA) is 43.1 Å². The summed E-state index contributed by atoms with van der Waals surface area (Å²) in [6, 6.07) is 0. The summed E-state index contributed by atoms with van der Waals surface area (Å²) in [6.45, 7) is 0. The summed E-state index contributed by atoms with van der Waals surface area (Å²) in [6.07, 6.45) is -7.81. The zero-order chi connectivity index (χ0) is 23.6. The molecule has 0 radical (unpaired) electrons. The number of primary amides is 1. The van der Waals surface area contributed by atoms with Gasteiger partial charge in [0.15, 0.2) is 0 Å². The molecule has 28 heavy (non-hydrogen) atoms. The number of alkyl halides is 17. The minimum Gasteiger partial charge on any atom is -0.364 e. The van der Waals surface area contributed by atoms with Crippen LogP contribution in [0.3, 0.4) is 0 Å². The SMILES string of the molecule is NC(=O)C(F)(F)C(F)(F)C(F)(F)C(F)(F)C(F)(F)C(F)(F)C(F)(F)C(F)(F)F. The van der Waals surface area contributed by atoms with Crippen LogP contribution in [0.25, 0.3) is 0 Å². The van der Waals surface area contributed by atoms with Crippen LogP contribution < -0.4 is 5.73 Å². The number of carbonyl (C=O) groups is 1. The second-order valence-corrected chi connectivity index (χ2v) is 4.88. The lowest BCUT2D eigenvalue weighted by molar-refractivity contribution is -0.459. The zero-order valence-electron chi connectivity index (χ0n) is 11.9. The van der Waals surface area contributed by atoms with E-state index in [1.165, 1.54) is 0 Å². The summed E-state index contributed by atoms with van der Waals surface area (Å²) in [5.41, 5.74) is 3.47. The molecule has 0 bridgehead atoms. The molecule has 0 unspecified atom stereocenters. The van der Waals surface area contributed by atoms with Gasteiger partial charge in [-0.2, -0.15) is 74.6 Å². The van der Waals surface area contributed by atoms with Gasteiger partial charge in [0.25, 0.3) is 5.91 Å². The van der Waals surface area contributed by atoms with Crippen molar-refractivity contribution in [3.8, 4) is 0 Å². The van der Waals surface area contributed by atoms with Crippen molar-refractivity contribution in [2.75, 3.05) is 0 Å². The summed E-state index contributed by atoms with van der Waals surface area (Å²) in [7, 11) is 0. The molecule has 0 aliphatic carbocycles. The molecule has 0 heterocycles. The molecule has 2 nitrogen and oxygen atoms in total. The molecule has 0 atom stereocenters. The van der Waals surface area contributed by atoms with Crippen LogP contribution >= 0.6 is 0 Å². The van der Waals surface area contributed by atoms with Gasteiger partial charge in [0.2, 0.25) is 0 Å². The van der Waals surface area contributed by atoms with Gasteiger partial charge in [0, 0.05) is 0 Å². The van der Waals surface area contributed by atoms with Crippen molar-refractivity contribution in [2.24, 2.45) is 5.73 Å². The van der Waals surface area contributed by atoms with E-state index < -0.39 is 53.5 Å². The lowest BCUT2D eigenvalue weighted by atomic mass is 9.89. The summed E-state index contributed by atoms with van der Waals surface area (Å²) in [5.74, 6) is -61.8. The van der Waals surface area contributed by atoms with Crippen LogP contribution in [-0.2, 0) is 4.79 Å². The van der Waals surface area contributed by atoms with Crippen molar-refractivity contribution in [1.82, 2.24) is 0 Å². The van der Waals surface area contributed by atoms with Crippen molar-refractivity contribution in [3.05, 3.63) is 0 Å². The molecule has 0 aliphatic rings. The lowest BCUT2D eigenvalue weighted by Gasteiger charge is -2.42. The molecule has 0 fully saturated rings. The number of nitrogens with two attached hydrogens (primary N) is 1. The van der Waals surface area contributed by atoms with E-state index in [0.717, 1.165) is 0 Å². The highest BCUT2D eigenvalue weighted by Crippen LogP contribution is 2.63. The average Bonchev–Trinajstić information content (AvgIpc) is 2.44. The maximum absolute atomic E-state index is 13.0. The van der Waals surface area contributed by atoms with Crippen LogP contribution in [0.4, 0.5) is 74.6 Å². The monoisotopic (exact) mass is 463 g/mol. The molecule has 168 valence electrons. The molecule has 2 N–H and O–H groups in total. The molecule has 0 saturated carbocycles. The number of hydrogen-bond acceptors (Lipinski definition) is 1. The first-order chi connectivity index (χ1) is 11.7. The fraction of sp³-hybridized carbons (Fsp3) is 0.889. The zero-order valence-corrected chi connectivity index (χ0v) is 11.9. The maximum atomic E-state index is 13.0. The Kier molecular flexibility index (Phi) is 5.76. The first-order valence-electron chi connectivity index (χ1n) is 5.71. The van der Waals surface area contributed by atoms with Crippen LogP contribution in [0.1, 0.15) is 0 Å². The van der Waals surface area contributed by atoms with Crippen molar-refractivity contribution >= 4 is 5.91 Å². The Morgan fingerprint density at radius 1 is 0.429 bits per heavy atom. The summed E-state index contributed by atoms with van der Waals surface area (Å²) >= 11 is 0. The van der Waals surface area contributed by atoms with Crippen molar-refractivity contribution in [1.29, 1.82) is 0 Å². The molecule has 0 aliphatic heterocycles. The van der Waals surface area contributed by atoms with Gasteiger partial charge in [-0.15, -0.1) is 0 Å². The standard InChI is InChI=1S/C9H2F17NO/c10-2(11,1(27)28)3(12,13)4(14,15)5(16,17)6(18,19)7(20,21)8(22,23)9(24,25)26/h(H2,27,28).